The van der Waals surface area contributed by atoms with Gasteiger partial charge in [-0.2, -0.15) is 0 Å². The van der Waals surface area contributed by atoms with Gasteiger partial charge in [0.25, 0.3) is 17.5 Å². The second-order valence-corrected chi connectivity index (χ2v) is 5.27. The topological polar surface area (TPSA) is 123 Å². The molecular weight excluding hydrogens is 360 g/mol. The van der Waals surface area contributed by atoms with Crippen LogP contribution in [0.1, 0.15) is 20.7 Å². The molecule has 0 saturated heterocycles. The van der Waals surface area contributed by atoms with Crippen LogP contribution in [0.3, 0.4) is 0 Å². The summed E-state index contributed by atoms with van der Waals surface area (Å²) in [6, 6.07) is 11.6. The molecular formula is C16H14N4O5S. The van der Waals surface area contributed by atoms with E-state index >= 15 is 0 Å². The largest absolute Gasteiger partial charge is 0.496 e. The van der Waals surface area contributed by atoms with Crippen LogP contribution in [-0.4, -0.2) is 29.0 Å². The third-order valence-electron chi connectivity index (χ3n) is 3.21. The van der Waals surface area contributed by atoms with Crippen LogP contribution in [0.2, 0.25) is 0 Å². The predicted octanol–water partition coefficient (Wildman–Crippen LogP) is 1.55. The van der Waals surface area contributed by atoms with E-state index in [4.69, 9.17) is 17.0 Å². The predicted molar refractivity (Wildman–Crippen MR) is 96.8 cm³/mol. The number of nitrogens with one attached hydrogen (secondary N) is 3. The number of para-hydroxylation sites is 1. The van der Waals surface area contributed by atoms with Gasteiger partial charge in [0, 0.05) is 17.7 Å². The van der Waals surface area contributed by atoms with Gasteiger partial charge in [-0.15, -0.1) is 0 Å². The van der Waals surface area contributed by atoms with Crippen molar-refractivity contribution in [2.45, 2.75) is 0 Å². The van der Waals surface area contributed by atoms with Crippen LogP contribution in [0.4, 0.5) is 5.69 Å². The van der Waals surface area contributed by atoms with E-state index in [9.17, 15) is 19.7 Å². The quantitative estimate of drug-likeness (QED) is 0.421. The smallest absolute Gasteiger partial charge is 0.269 e. The number of ether oxygens (including phenoxy) is 1. The average molecular weight is 374 g/mol. The van der Waals surface area contributed by atoms with Crippen molar-refractivity contribution in [2.24, 2.45) is 0 Å². The molecule has 0 unspecified atom stereocenters. The van der Waals surface area contributed by atoms with Gasteiger partial charge in [0.15, 0.2) is 5.11 Å². The van der Waals surface area contributed by atoms with Crippen LogP contribution >= 0.6 is 12.2 Å². The molecule has 0 radical (unpaired) electrons. The number of methoxy groups -OCH3 is 1. The number of nitro benzene ring substituents is 1. The number of nitrogens with zero attached hydrogens (tertiary/aromatic N) is 1. The molecule has 0 aliphatic heterocycles. The number of thiocarbonyl (C=S) groups is 1. The van der Waals surface area contributed by atoms with Crippen molar-refractivity contribution < 1.29 is 19.2 Å². The Hall–Kier alpha value is -3.53. The van der Waals surface area contributed by atoms with Crippen molar-refractivity contribution in [3.05, 3.63) is 69.8 Å². The van der Waals surface area contributed by atoms with Crippen LogP contribution in [-0.2, 0) is 0 Å². The minimum Gasteiger partial charge on any atom is -0.496 e. The third-order valence-corrected chi connectivity index (χ3v) is 3.41. The van der Waals surface area contributed by atoms with Gasteiger partial charge in [0.05, 0.1) is 17.6 Å². The van der Waals surface area contributed by atoms with Crippen molar-refractivity contribution in [1.29, 1.82) is 0 Å². The van der Waals surface area contributed by atoms with Gasteiger partial charge in [-0.25, -0.2) is 0 Å². The Kier molecular flexibility index (Phi) is 6.17. The zero-order chi connectivity index (χ0) is 19.1. The summed E-state index contributed by atoms with van der Waals surface area (Å²) in [5, 5.41) is 12.9. The third kappa shape index (κ3) is 4.74. The molecule has 0 aliphatic rings. The number of hydrogen-bond acceptors (Lipinski definition) is 6. The van der Waals surface area contributed by atoms with E-state index in [0.29, 0.717) is 5.75 Å². The van der Waals surface area contributed by atoms with E-state index in [0.717, 1.165) is 0 Å². The summed E-state index contributed by atoms with van der Waals surface area (Å²) in [4.78, 5) is 34.1. The molecule has 0 bridgehead atoms. The van der Waals surface area contributed by atoms with Crippen LogP contribution in [0.5, 0.6) is 5.75 Å². The molecule has 2 aromatic carbocycles. The number of rotatable bonds is 4. The lowest BCUT2D eigenvalue weighted by atomic mass is 10.2. The Morgan fingerprint density at radius 2 is 1.69 bits per heavy atom. The molecule has 10 heteroatoms. The number of nitro groups is 1. The summed E-state index contributed by atoms with van der Waals surface area (Å²) in [5.41, 5.74) is 5.00. The van der Waals surface area contributed by atoms with Gasteiger partial charge < -0.3 is 4.74 Å². The molecule has 134 valence electrons. The number of benzene rings is 2. The van der Waals surface area contributed by atoms with Crippen LogP contribution in [0, 0.1) is 10.1 Å². The molecule has 0 aromatic heterocycles. The number of hydrazine groups is 1. The molecule has 0 saturated carbocycles. The molecule has 0 heterocycles. The highest BCUT2D eigenvalue weighted by Gasteiger charge is 2.14. The number of hydrogen-bond donors (Lipinski definition) is 3. The highest BCUT2D eigenvalue weighted by Crippen LogP contribution is 2.16. The maximum absolute atomic E-state index is 12.2. The van der Waals surface area contributed by atoms with Crippen LogP contribution in [0.15, 0.2) is 48.5 Å². The molecule has 3 N–H and O–H groups in total. The normalized spacial score (nSPS) is 9.73. The van der Waals surface area contributed by atoms with Crippen LogP contribution < -0.4 is 20.9 Å². The Bertz CT molecular complexity index is 854. The van der Waals surface area contributed by atoms with Gasteiger partial charge >= 0.3 is 0 Å². The Morgan fingerprint density at radius 3 is 2.31 bits per heavy atom. The van der Waals surface area contributed by atoms with Crippen molar-refractivity contribution >= 4 is 34.8 Å². The summed E-state index contributed by atoms with van der Waals surface area (Å²) in [6.45, 7) is 0. The molecule has 2 rings (SSSR count). The van der Waals surface area contributed by atoms with E-state index < -0.39 is 16.7 Å². The lowest BCUT2D eigenvalue weighted by molar-refractivity contribution is -0.384. The number of amides is 2. The number of carbonyl (C=O) groups is 2. The van der Waals surface area contributed by atoms with Gasteiger partial charge in [-0.1, -0.05) is 12.1 Å². The molecule has 9 nitrogen and oxygen atoms in total. The van der Waals surface area contributed by atoms with Gasteiger partial charge in [0.1, 0.15) is 5.75 Å². The van der Waals surface area contributed by atoms with E-state index in [2.05, 4.69) is 16.2 Å². The van der Waals surface area contributed by atoms with Crippen molar-refractivity contribution in [1.82, 2.24) is 16.2 Å². The first-order chi connectivity index (χ1) is 12.4. The first-order valence-corrected chi connectivity index (χ1v) is 7.62. The zero-order valence-electron chi connectivity index (χ0n) is 13.5. The molecule has 0 aliphatic carbocycles. The lowest BCUT2D eigenvalue weighted by Crippen LogP contribution is -2.48. The Morgan fingerprint density at radius 1 is 1.04 bits per heavy atom. The minimum absolute atomic E-state index is 0.129. The highest BCUT2D eigenvalue weighted by molar-refractivity contribution is 7.80. The second-order valence-electron chi connectivity index (χ2n) is 4.87. The highest BCUT2D eigenvalue weighted by atomic mass is 32.1. The summed E-state index contributed by atoms with van der Waals surface area (Å²) in [5.74, 6) is -0.707. The van der Waals surface area contributed by atoms with E-state index in [1.807, 2.05) is 0 Å². The monoisotopic (exact) mass is 374 g/mol. The van der Waals surface area contributed by atoms with Crippen molar-refractivity contribution in [3.63, 3.8) is 0 Å². The molecule has 0 fully saturated rings. The molecule has 0 spiro atoms. The summed E-state index contributed by atoms with van der Waals surface area (Å²) >= 11 is 4.95. The van der Waals surface area contributed by atoms with Gasteiger partial charge in [-0.3, -0.25) is 35.9 Å². The minimum atomic E-state index is -0.575. The fraction of sp³-hybridized carbons (Fsp3) is 0.0625. The zero-order valence-corrected chi connectivity index (χ0v) is 14.3. The maximum Gasteiger partial charge on any atom is 0.269 e. The van der Waals surface area contributed by atoms with Crippen molar-refractivity contribution in [2.75, 3.05) is 7.11 Å². The van der Waals surface area contributed by atoms with Gasteiger partial charge in [0.2, 0.25) is 0 Å². The van der Waals surface area contributed by atoms with Crippen molar-refractivity contribution in [3.8, 4) is 5.75 Å². The van der Waals surface area contributed by atoms with E-state index in [1.165, 1.54) is 31.4 Å². The fourth-order valence-electron chi connectivity index (χ4n) is 1.95. The average Bonchev–Trinajstić information content (AvgIpc) is 2.66. The maximum atomic E-state index is 12.2. The number of non-ortho nitro benzene ring substituents is 1. The standard InChI is InChI=1S/C16H14N4O5S/c1-25-13-5-3-2-4-12(13)15(22)17-16(26)19-18-14(21)10-6-8-11(9-7-10)20(23)24/h2-9H,1H3,(H,18,21)(H2,17,19,22,26). The Balaban J connectivity index is 1.90. The summed E-state index contributed by atoms with van der Waals surface area (Å²) in [6.07, 6.45) is 0. The summed E-state index contributed by atoms with van der Waals surface area (Å²) in [7, 11) is 1.44. The van der Waals surface area contributed by atoms with Crippen LogP contribution in [0.25, 0.3) is 0 Å². The second kappa shape index (κ2) is 8.53. The molecule has 26 heavy (non-hydrogen) atoms. The number of carbonyl (C=O) groups excluding carboxylic acids is 2. The van der Waals surface area contributed by atoms with E-state index in [1.54, 1.807) is 24.3 Å². The first-order valence-electron chi connectivity index (χ1n) is 7.21. The first kappa shape index (κ1) is 18.8. The SMILES string of the molecule is COc1ccccc1C(=O)NC(=S)NNC(=O)c1ccc([N+](=O)[O-])cc1. The molecule has 2 aromatic rings. The Labute approximate surface area is 153 Å². The summed E-state index contributed by atoms with van der Waals surface area (Å²) < 4.78 is 5.09. The van der Waals surface area contributed by atoms with Gasteiger partial charge in [-0.05, 0) is 36.5 Å². The lowest BCUT2D eigenvalue weighted by Gasteiger charge is -2.12. The van der Waals surface area contributed by atoms with E-state index in [-0.39, 0.29) is 21.9 Å². The molecule has 0 atom stereocenters. The molecule has 2 amide bonds. The fourth-order valence-corrected chi connectivity index (χ4v) is 2.10.